The molecule has 0 atom stereocenters. The van der Waals surface area contributed by atoms with Gasteiger partial charge in [-0.05, 0) is 18.6 Å². The van der Waals surface area contributed by atoms with Gasteiger partial charge in [0, 0.05) is 18.4 Å². The molecule has 104 valence electrons. The Kier molecular flexibility index (Phi) is 3.40. The maximum atomic E-state index is 13.6. The summed E-state index contributed by atoms with van der Waals surface area (Å²) in [7, 11) is 0. The molecule has 2 aromatic heterocycles. The lowest BCUT2D eigenvalue weighted by atomic mass is 10.2. The number of hydrogen-bond donors (Lipinski definition) is 0. The zero-order chi connectivity index (χ0) is 14.1. The van der Waals surface area contributed by atoms with Crippen LogP contribution in [0.1, 0.15) is 17.2 Å². The molecule has 0 fully saturated rings. The molecular weight excluding hydrogens is 283 g/mol. The van der Waals surface area contributed by atoms with Gasteiger partial charge < -0.3 is 9.09 Å². The molecule has 0 saturated heterocycles. The lowest BCUT2D eigenvalue weighted by molar-refractivity contribution is 0.408. The molecule has 5 nitrogen and oxygen atoms in total. The van der Waals surface area contributed by atoms with Crippen LogP contribution in [0.5, 0.6) is 0 Å². The van der Waals surface area contributed by atoms with E-state index in [2.05, 4.69) is 15.1 Å². The second-order valence-corrected chi connectivity index (χ2v) is 4.87. The first-order valence-corrected chi connectivity index (χ1v) is 6.69. The lowest BCUT2D eigenvalue weighted by Crippen LogP contribution is -2.07. The van der Waals surface area contributed by atoms with Gasteiger partial charge in [-0.3, -0.25) is 0 Å². The van der Waals surface area contributed by atoms with Gasteiger partial charge in [-0.1, -0.05) is 5.16 Å². The van der Waals surface area contributed by atoms with Crippen molar-refractivity contribution in [2.24, 2.45) is 0 Å². The highest BCUT2D eigenvalue weighted by Gasteiger charge is 2.14. The van der Waals surface area contributed by atoms with Crippen molar-refractivity contribution in [3.05, 3.63) is 41.6 Å². The predicted molar refractivity (Wildman–Crippen MR) is 72.3 cm³/mol. The van der Waals surface area contributed by atoms with Gasteiger partial charge in [-0.15, -0.1) is 11.6 Å². The highest BCUT2D eigenvalue weighted by atomic mass is 35.5. The fraction of sp³-hybridized carbons (Fsp3) is 0.308. The summed E-state index contributed by atoms with van der Waals surface area (Å²) >= 11 is 5.80. The van der Waals surface area contributed by atoms with Crippen LogP contribution < -0.4 is 0 Å². The number of aryl methyl sites for hydroxylation is 2. The average Bonchev–Trinajstić information content (AvgIpc) is 3.02. The van der Waals surface area contributed by atoms with Gasteiger partial charge in [0.2, 0.25) is 6.39 Å². The van der Waals surface area contributed by atoms with E-state index in [1.165, 1.54) is 12.5 Å². The van der Waals surface area contributed by atoms with Crippen LogP contribution in [0, 0.1) is 12.7 Å². The maximum Gasteiger partial charge on any atom is 0.213 e. The number of halogens is 2. The number of imidazole rings is 1. The topological polar surface area (TPSA) is 56.7 Å². The third-order valence-electron chi connectivity index (χ3n) is 3.13. The van der Waals surface area contributed by atoms with E-state index in [0.717, 1.165) is 11.3 Å². The molecule has 0 radical (unpaired) electrons. The zero-order valence-corrected chi connectivity index (χ0v) is 11.6. The van der Waals surface area contributed by atoms with Gasteiger partial charge in [0.05, 0.1) is 17.6 Å². The first-order valence-electron chi connectivity index (χ1n) is 6.15. The summed E-state index contributed by atoms with van der Waals surface area (Å²) in [4.78, 5) is 8.44. The van der Waals surface area contributed by atoms with Gasteiger partial charge in [0.25, 0.3) is 0 Å². The molecule has 3 rings (SSSR count). The zero-order valence-electron chi connectivity index (χ0n) is 10.8. The van der Waals surface area contributed by atoms with E-state index in [-0.39, 0.29) is 5.82 Å². The van der Waals surface area contributed by atoms with Crippen LogP contribution >= 0.6 is 11.6 Å². The minimum absolute atomic E-state index is 0.265. The van der Waals surface area contributed by atoms with Crippen LogP contribution in [-0.2, 0) is 13.0 Å². The molecule has 0 aliphatic carbocycles. The number of alkyl halides is 1. The molecule has 7 heteroatoms. The number of nitrogens with zero attached hydrogens (tertiary/aromatic N) is 4. The summed E-state index contributed by atoms with van der Waals surface area (Å²) in [5.74, 6) is 1.50. The summed E-state index contributed by atoms with van der Waals surface area (Å²) in [6.45, 7) is 2.14. The van der Waals surface area contributed by atoms with Gasteiger partial charge in [0.15, 0.2) is 5.82 Å². The summed E-state index contributed by atoms with van der Waals surface area (Å²) in [6, 6.07) is 3.21. The second-order valence-electron chi connectivity index (χ2n) is 4.49. The Morgan fingerprint density at radius 1 is 1.40 bits per heavy atom. The molecule has 0 bridgehead atoms. The van der Waals surface area contributed by atoms with Gasteiger partial charge in [-0.25, -0.2) is 9.37 Å². The number of rotatable bonds is 4. The Morgan fingerprint density at radius 3 is 2.95 bits per heavy atom. The highest BCUT2D eigenvalue weighted by Crippen LogP contribution is 2.21. The SMILES string of the molecule is Cc1cc2c(cc1F)nc(CCCl)n2Cc1ncon1. The quantitative estimate of drug-likeness (QED) is 0.694. The molecule has 0 saturated carbocycles. The van der Waals surface area contributed by atoms with E-state index in [1.807, 2.05) is 4.57 Å². The Labute approximate surface area is 119 Å². The molecule has 0 aliphatic rings. The van der Waals surface area contributed by atoms with Crippen molar-refractivity contribution in [3.63, 3.8) is 0 Å². The van der Waals surface area contributed by atoms with Crippen LogP contribution in [0.4, 0.5) is 4.39 Å². The van der Waals surface area contributed by atoms with Crippen LogP contribution in [0.3, 0.4) is 0 Å². The molecule has 0 spiro atoms. The largest absolute Gasteiger partial charge is 0.343 e. The predicted octanol–water partition coefficient (Wildman–Crippen LogP) is 2.70. The number of benzene rings is 1. The second kappa shape index (κ2) is 5.20. The molecule has 0 N–H and O–H groups in total. The first-order chi connectivity index (χ1) is 9.69. The Bertz CT molecular complexity index is 738. The van der Waals surface area contributed by atoms with Crippen molar-refractivity contribution in [1.29, 1.82) is 0 Å². The molecule has 3 aromatic rings. The van der Waals surface area contributed by atoms with E-state index in [4.69, 9.17) is 16.1 Å². The highest BCUT2D eigenvalue weighted by molar-refractivity contribution is 6.17. The minimum Gasteiger partial charge on any atom is -0.343 e. The summed E-state index contributed by atoms with van der Waals surface area (Å²) in [5, 5.41) is 3.80. The van der Waals surface area contributed by atoms with E-state index in [0.29, 0.717) is 35.8 Å². The minimum atomic E-state index is -0.265. The Morgan fingerprint density at radius 2 is 2.25 bits per heavy atom. The molecule has 2 heterocycles. The molecule has 0 amide bonds. The molecular formula is C13H12ClFN4O. The monoisotopic (exact) mass is 294 g/mol. The van der Waals surface area contributed by atoms with Crippen LogP contribution in [-0.4, -0.2) is 25.6 Å². The lowest BCUT2D eigenvalue weighted by Gasteiger charge is -2.06. The molecule has 20 heavy (non-hydrogen) atoms. The van der Waals surface area contributed by atoms with E-state index in [9.17, 15) is 4.39 Å². The maximum absolute atomic E-state index is 13.6. The standard InChI is InChI=1S/C13H12ClFN4O/c1-8-4-11-10(5-9(8)15)17-13(2-3-14)19(11)6-12-16-7-20-18-12/h4-5,7H,2-3,6H2,1H3. The normalized spacial score (nSPS) is 11.3. The van der Waals surface area contributed by atoms with Crippen LogP contribution in [0.2, 0.25) is 0 Å². The van der Waals surface area contributed by atoms with Gasteiger partial charge in [0.1, 0.15) is 11.6 Å². The summed E-state index contributed by atoms with van der Waals surface area (Å²) in [5.41, 5.74) is 2.02. The number of hydrogen-bond acceptors (Lipinski definition) is 4. The number of fused-ring (bicyclic) bond motifs is 1. The molecule has 0 unspecified atom stereocenters. The van der Waals surface area contributed by atoms with Crippen molar-refractivity contribution >= 4 is 22.6 Å². The summed E-state index contributed by atoms with van der Waals surface area (Å²) in [6.07, 6.45) is 1.87. The van der Waals surface area contributed by atoms with Crippen molar-refractivity contribution < 1.29 is 8.91 Å². The van der Waals surface area contributed by atoms with Crippen molar-refractivity contribution in [1.82, 2.24) is 19.7 Å². The third kappa shape index (κ3) is 2.27. The smallest absolute Gasteiger partial charge is 0.213 e. The fourth-order valence-corrected chi connectivity index (χ4v) is 2.32. The summed E-state index contributed by atoms with van der Waals surface area (Å²) < 4.78 is 20.3. The fourth-order valence-electron chi connectivity index (χ4n) is 2.16. The van der Waals surface area contributed by atoms with Crippen LogP contribution in [0.25, 0.3) is 11.0 Å². The van der Waals surface area contributed by atoms with E-state index in [1.54, 1.807) is 13.0 Å². The van der Waals surface area contributed by atoms with Crippen molar-refractivity contribution in [2.45, 2.75) is 19.9 Å². The van der Waals surface area contributed by atoms with Gasteiger partial charge in [-0.2, -0.15) is 4.98 Å². The Balaban J connectivity index is 2.15. The average molecular weight is 295 g/mol. The first kappa shape index (κ1) is 13.1. The third-order valence-corrected chi connectivity index (χ3v) is 3.32. The Hall–Kier alpha value is -1.95. The van der Waals surface area contributed by atoms with E-state index >= 15 is 0 Å². The van der Waals surface area contributed by atoms with Crippen molar-refractivity contribution in [2.75, 3.05) is 5.88 Å². The molecule has 1 aromatic carbocycles. The molecule has 0 aliphatic heterocycles. The van der Waals surface area contributed by atoms with Crippen molar-refractivity contribution in [3.8, 4) is 0 Å². The van der Waals surface area contributed by atoms with E-state index < -0.39 is 0 Å². The van der Waals surface area contributed by atoms with Crippen LogP contribution in [0.15, 0.2) is 23.0 Å². The number of aromatic nitrogens is 4. The van der Waals surface area contributed by atoms with Gasteiger partial charge >= 0.3 is 0 Å².